The van der Waals surface area contributed by atoms with E-state index in [2.05, 4.69) is 10.3 Å². The number of rotatable bonds is 6. The molecule has 0 saturated heterocycles. The van der Waals surface area contributed by atoms with Gasteiger partial charge in [-0.2, -0.15) is 10.2 Å². The van der Waals surface area contributed by atoms with Gasteiger partial charge in [-0.1, -0.05) is 54.6 Å². The molecule has 32 heavy (non-hydrogen) atoms. The van der Waals surface area contributed by atoms with E-state index in [4.69, 9.17) is 4.74 Å². The molecule has 2 aromatic carbocycles. The molecule has 1 amide bonds. The molecule has 0 unspecified atom stereocenters. The second-order valence-electron chi connectivity index (χ2n) is 6.82. The first-order valence-electron chi connectivity index (χ1n) is 9.84. The van der Waals surface area contributed by atoms with Gasteiger partial charge in [-0.3, -0.25) is 14.0 Å². The van der Waals surface area contributed by atoms with Crippen molar-refractivity contribution < 1.29 is 9.53 Å². The van der Waals surface area contributed by atoms with E-state index in [1.807, 2.05) is 42.5 Å². The van der Waals surface area contributed by atoms with E-state index in [0.717, 1.165) is 5.56 Å². The summed E-state index contributed by atoms with van der Waals surface area (Å²) in [5, 5.41) is 12.3. The van der Waals surface area contributed by atoms with Crippen LogP contribution in [-0.4, -0.2) is 15.3 Å². The van der Waals surface area contributed by atoms with Crippen LogP contribution in [0.15, 0.2) is 95.4 Å². The van der Waals surface area contributed by atoms with Crippen LogP contribution in [0.5, 0.6) is 11.6 Å². The SMILES string of the molecule is N#CC(=Cc1c(Oc2ccccc2)nc2ccccn2c1=O)C(=O)NCc1ccccc1. The van der Waals surface area contributed by atoms with Crippen molar-refractivity contribution in [2.45, 2.75) is 6.54 Å². The molecule has 0 spiro atoms. The van der Waals surface area contributed by atoms with Crippen LogP contribution < -0.4 is 15.6 Å². The van der Waals surface area contributed by atoms with Crippen LogP contribution in [0.3, 0.4) is 0 Å². The van der Waals surface area contributed by atoms with Crippen molar-refractivity contribution in [1.29, 1.82) is 5.26 Å². The van der Waals surface area contributed by atoms with E-state index in [-0.39, 0.29) is 23.6 Å². The van der Waals surface area contributed by atoms with Crippen molar-refractivity contribution in [2.75, 3.05) is 0 Å². The fourth-order valence-corrected chi connectivity index (χ4v) is 3.05. The van der Waals surface area contributed by atoms with E-state index >= 15 is 0 Å². The van der Waals surface area contributed by atoms with Crippen molar-refractivity contribution >= 4 is 17.6 Å². The number of nitriles is 1. The van der Waals surface area contributed by atoms with Crippen molar-refractivity contribution in [2.24, 2.45) is 0 Å². The van der Waals surface area contributed by atoms with Gasteiger partial charge < -0.3 is 10.1 Å². The summed E-state index contributed by atoms with van der Waals surface area (Å²) in [6.07, 6.45) is 2.78. The number of para-hydroxylation sites is 1. The quantitative estimate of drug-likeness (QED) is 0.377. The minimum absolute atomic E-state index is 0.00367. The minimum Gasteiger partial charge on any atom is -0.438 e. The third kappa shape index (κ3) is 4.55. The standard InChI is InChI=1S/C25H18N4O3/c26-16-19(23(30)27-17-18-9-3-1-4-10-18)15-21-24(32-20-11-5-2-6-12-20)28-22-13-7-8-14-29(22)25(21)31/h1-15H,17H2,(H,27,30). The second kappa shape index (κ2) is 9.41. The summed E-state index contributed by atoms with van der Waals surface area (Å²) in [5.41, 5.74) is 0.592. The van der Waals surface area contributed by atoms with Crippen LogP contribution in [0, 0.1) is 11.3 Å². The first-order chi connectivity index (χ1) is 15.7. The van der Waals surface area contributed by atoms with Gasteiger partial charge in [0.15, 0.2) is 0 Å². The number of nitrogens with zero attached hydrogens (tertiary/aromatic N) is 3. The van der Waals surface area contributed by atoms with E-state index in [9.17, 15) is 14.9 Å². The molecule has 7 nitrogen and oxygen atoms in total. The second-order valence-corrected chi connectivity index (χ2v) is 6.82. The monoisotopic (exact) mass is 422 g/mol. The highest BCUT2D eigenvalue weighted by Crippen LogP contribution is 2.23. The number of carbonyl (C=O) groups excluding carboxylic acids is 1. The number of nitrogens with one attached hydrogen (secondary N) is 1. The number of hydrogen-bond donors (Lipinski definition) is 1. The molecule has 0 aliphatic rings. The highest BCUT2D eigenvalue weighted by molar-refractivity contribution is 6.01. The Morgan fingerprint density at radius 1 is 1.03 bits per heavy atom. The summed E-state index contributed by atoms with van der Waals surface area (Å²) in [6.45, 7) is 0.251. The minimum atomic E-state index is -0.598. The number of fused-ring (bicyclic) bond motifs is 1. The van der Waals surface area contributed by atoms with Crippen LogP contribution in [0.1, 0.15) is 11.1 Å². The zero-order chi connectivity index (χ0) is 22.3. The molecule has 0 radical (unpaired) electrons. The van der Waals surface area contributed by atoms with Crippen LogP contribution in [0.4, 0.5) is 0 Å². The van der Waals surface area contributed by atoms with Gasteiger partial charge in [0.25, 0.3) is 11.5 Å². The molecule has 2 aromatic heterocycles. The Bertz CT molecular complexity index is 1390. The molecule has 0 aliphatic carbocycles. The number of amides is 1. The molecule has 1 N–H and O–H groups in total. The highest BCUT2D eigenvalue weighted by atomic mass is 16.5. The van der Waals surface area contributed by atoms with E-state index in [1.165, 1.54) is 10.5 Å². The lowest BCUT2D eigenvalue weighted by atomic mass is 10.1. The molecular formula is C25H18N4O3. The normalized spacial score (nSPS) is 11.0. The number of aromatic nitrogens is 2. The van der Waals surface area contributed by atoms with Crippen molar-refractivity contribution in [3.05, 3.63) is 112 Å². The van der Waals surface area contributed by atoms with E-state index in [0.29, 0.717) is 11.4 Å². The molecule has 156 valence electrons. The van der Waals surface area contributed by atoms with Gasteiger partial charge in [0.1, 0.15) is 28.6 Å². The Hall–Kier alpha value is -4.70. The van der Waals surface area contributed by atoms with E-state index in [1.54, 1.807) is 48.7 Å². The summed E-state index contributed by atoms with van der Waals surface area (Å²) >= 11 is 0. The Balaban J connectivity index is 1.73. The van der Waals surface area contributed by atoms with Crippen LogP contribution in [0.2, 0.25) is 0 Å². The van der Waals surface area contributed by atoms with Gasteiger partial charge in [-0.25, -0.2) is 0 Å². The maximum Gasteiger partial charge on any atom is 0.269 e. The van der Waals surface area contributed by atoms with Gasteiger partial charge in [0.05, 0.1) is 0 Å². The fraction of sp³-hybridized carbons (Fsp3) is 0.0400. The summed E-state index contributed by atoms with van der Waals surface area (Å²) in [5.74, 6) is -0.114. The van der Waals surface area contributed by atoms with Gasteiger partial charge in [0.2, 0.25) is 5.88 Å². The third-order valence-corrected chi connectivity index (χ3v) is 4.64. The summed E-state index contributed by atoms with van der Waals surface area (Å²) in [7, 11) is 0. The molecular weight excluding hydrogens is 404 g/mol. The zero-order valence-corrected chi connectivity index (χ0v) is 16.9. The highest BCUT2D eigenvalue weighted by Gasteiger charge is 2.17. The topological polar surface area (TPSA) is 96.5 Å². The average molecular weight is 422 g/mol. The van der Waals surface area contributed by atoms with Crippen molar-refractivity contribution in [3.8, 4) is 17.7 Å². The Kier molecular flexibility index (Phi) is 6.05. The van der Waals surface area contributed by atoms with Gasteiger partial charge in [-0.15, -0.1) is 0 Å². The fourth-order valence-electron chi connectivity index (χ4n) is 3.05. The number of ether oxygens (including phenoxy) is 1. The zero-order valence-electron chi connectivity index (χ0n) is 16.9. The van der Waals surface area contributed by atoms with Crippen molar-refractivity contribution in [1.82, 2.24) is 14.7 Å². The number of hydrogen-bond acceptors (Lipinski definition) is 5. The molecule has 2 heterocycles. The summed E-state index contributed by atoms with van der Waals surface area (Å²) in [4.78, 5) is 30.2. The molecule has 4 aromatic rings. The number of benzene rings is 2. The van der Waals surface area contributed by atoms with Crippen LogP contribution >= 0.6 is 0 Å². The van der Waals surface area contributed by atoms with Crippen LogP contribution in [-0.2, 0) is 11.3 Å². The molecule has 0 fully saturated rings. The first-order valence-corrected chi connectivity index (χ1v) is 9.84. The Morgan fingerprint density at radius 3 is 2.44 bits per heavy atom. The lowest BCUT2D eigenvalue weighted by molar-refractivity contribution is -0.117. The smallest absolute Gasteiger partial charge is 0.269 e. The summed E-state index contributed by atoms with van der Waals surface area (Å²) in [6, 6.07) is 25.2. The predicted molar refractivity (Wildman–Crippen MR) is 120 cm³/mol. The molecule has 0 saturated carbocycles. The lowest BCUT2D eigenvalue weighted by Crippen LogP contribution is -2.25. The third-order valence-electron chi connectivity index (χ3n) is 4.64. The van der Waals surface area contributed by atoms with Gasteiger partial charge in [-0.05, 0) is 35.9 Å². The molecule has 0 aliphatic heterocycles. The average Bonchev–Trinajstić information content (AvgIpc) is 2.84. The Labute approximate surface area is 183 Å². The Morgan fingerprint density at radius 2 is 1.72 bits per heavy atom. The lowest BCUT2D eigenvalue weighted by Gasteiger charge is -2.10. The molecule has 0 bridgehead atoms. The number of pyridine rings is 1. The maximum absolute atomic E-state index is 13.2. The van der Waals surface area contributed by atoms with Gasteiger partial charge in [0, 0.05) is 12.7 Å². The summed E-state index contributed by atoms with van der Waals surface area (Å²) < 4.78 is 7.18. The predicted octanol–water partition coefficient (Wildman–Crippen LogP) is 3.71. The molecule has 0 atom stereocenters. The van der Waals surface area contributed by atoms with Gasteiger partial charge >= 0.3 is 0 Å². The largest absolute Gasteiger partial charge is 0.438 e. The van der Waals surface area contributed by atoms with E-state index < -0.39 is 11.5 Å². The first kappa shape index (κ1) is 20.6. The van der Waals surface area contributed by atoms with Crippen LogP contribution in [0.25, 0.3) is 11.7 Å². The maximum atomic E-state index is 13.2. The number of carbonyl (C=O) groups is 1. The molecule has 7 heteroatoms. The molecule has 4 rings (SSSR count). The van der Waals surface area contributed by atoms with Crippen molar-refractivity contribution in [3.63, 3.8) is 0 Å².